The van der Waals surface area contributed by atoms with Crippen LogP contribution in [0.15, 0.2) is 35.4 Å². The Morgan fingerprint density at radius 3 is 2.61 bits per heavy atom. The molecule has 2 aromatic rings. The van der Waals surface area contributed by atoms with Gasteiger partial charge >= 0.3 is 0 Å². The molecule has 0 saturated carbocycles. The predicted molar refractivity (Wildman–Crippen MR) is 70.8 cm³/mol. The minimum Gasteiger partial charge on any atom is -0.490 e. The number of rotatable bonds is 4. The molecule has 1 aromatic carbocycles. The molecular formula is C14H16N2O2. The molecule has 0 bridgehead atoms. The smallest absolute Gasteiger partial charge is 0.293 e. The molecule has 1 N–H and O–H groups in total. The Kier molecular flexibility index (Phi) is 3.77. The van der Waals surface area contributed by atoms with Gasteiger partial charge in [-0.3, -0.25) is 4.79 Å². The van der Waals surface area contributed by atoms with Gasteiger partial charge < -0.3 is 9.72 Å². The molecule has 0 radical (unpaired) electrons. The van der Waals surface area contributed by atoms with Crippen molar-refractivity contribution in [2.75, 3.05) is 7.11 Å². The lowest BCUT2D eigenvalue weighted by molar-refractivity contribution is 0.408. The van der Waals surface area contributed by atoms with E-state index in [0.29, 0.717) is 5.69 Å². The van der Waals surface area contributed by atoms with Crippen LogP contribution in [0.3, 0.4) is 0 Å². The third kappa shape index (κ3) is 2.42. The molecule has 1 heterocycles. The SMILES string of the molecule is CCCc1ccc(-c2nc[nH]c(=O)c2OC)cc1. The van der Waals surface area contributed by atoms with Gasteiger partial charge in [0.05, 0.1) is 13.4 Å². The van der Waals surface area contributed by atoms with Crippen molar-refractivity contribution in [3.63, 3.8) is 0 Å². The highest BCUT2D eigenvalue weighted by Gasteiger charge is 2.10. The van der Waals surface area contributed by atoms with Gasteiger partial charge in [-0.25, -0.2) is 4.98 Å². The zero-order valence-electron chi connectivity index (χ0n) is 10.6. The first kappa shape index (κ1) is 12.4. The van der Waals surface area contributed by atoms with Gasteiger partial charge in [0.15, 0.2) is 0 Å². The summed E-state index contributed by atoms with van der Waals surface area (Å²) in [5.41, 5.74) is 2.48. The van der Waals surface area contributed by atoms with E-state index in [1.165, 1.54) is 19.0 Å². The third-order valence-electron chi connectivity index (χ3n) is 2.78. The van der Waals surface area contributed by atoms with Crippen molar-refractivity contribution in [3.05, 3.63) is 46.5 Å². The number of aromatic nitrogens is 2. The summed E-state index contributed by atoms with van der Waals surface area (Å²) < 4.78 is 5.10. The maximum absolute atomic E-state index is 11.6. The van der Waals surface area contributed by atoms with Crippen LogP contribution in [-0.4, -0.2) is 17.1 Å². The van der Waals surface area contributed by atoms with E-state index in [1.54, 1.807) is 0 Å². The average molecular weight is 244 g/mol. The lowest BCUT2D eigenvalue weighted by Crippen LogP contribution is -2.11. The second kappa shape index (κ2) is 5.49. The molecule has 0 unspecified atom stereocenters. The van der Waals surface area contributed by atoms with Crippen molar-refractivity contribution in [1.29, 1.82) is 0 Å². The normalized spacial score (nSPS) is 10.3. The lowest BCUT2D eigenvalue weighted by atomic mass is 10.1. The lowest BCUT2D eigenvalue weighted by Gasteiger charge is -2.06. The number of benzene rings is 1. The summed E-state index contributed by atoms with van der Waals surface area (Å²) in [5.74, 6) is 0.251. The quantitative estimate of drug-likeness (QED) is 0.898. The van der Waals surface area contributed by atoms with Gasteiger partial charge in [-0.2, -0.15) is 0 Å². The van der Waals surface area contributed by atoms with E-state index in [-0.39, 0.29) is 11.3 Å². The van der Waals surface area contributed by atoms with Crippen LogP contribution in [-0.2, 0) is 6.42 Å². The minimum absolute atomic E-state index is 0.251. The number of aryl methyl sites for hydroxylation is 1. The standard InChI is InChI=1S/C14H16N2O2/c1-3-4-10-5-7-11(8-6-10)12-13(18-2)14(17)16-9-15-12/h5-9H,3-4H2,1-2H3,(H,15,16,17). The fourth-order valence-electron chi connectivity index (χ4n) is 1.90. The van der Waals surface area contributed by atoms with E-state index in [9.17, 15) is 4.79 Å². The second-order valence-electron chi connectivity index (χ2n) is 4.06. The Balaban J connectivity index is 2.42. The van der Waals surface area contributed by atoms with Crippen LogP contribution in [0.25, 0.3) is 11.3 Å². The van der Waals surface area contributed by atoms with Crippen LogP contribution < -0.4 is 10.3 Å². The number of methoxy groups -OCH3 is 1. The highest BCUT2D eigenvalue weighted by atomic mass is 16.5. The van der Waals surface area contributed by atoms with Gasteiger partial charge in [0.1, 0.15) is 5.69 Å². The molecule has 94 valence electrons. The zero-order chi connectivity index (χ0) is 13.0. The van der Waals surface area contributed by atoms with Crippen molar-refractivity contribution >= 4 is 0 Å². The number of H-pyrrole nitrogens is 1. The molecule has 0 amide bonds. The first-order valence-electron chi connectivity index (χ1n) is 5.97. The molecular weight excluding hydrogens is 228 g/mol. The molecule has 0 aliphatic heterocycles. The van der Waals surface area contributed by atoms with Gasteiger partial charge in [-0.05, 0) is 12.0 Å². The van der Waals surface area contributed by atoms with Gasteiger partial charge in [0.25, 0.3) is 5.56 Å². The van der Waals surface area contributed by atoms with Gasteiger partial charge in [0, 0.05) is 5.56 Å². The molecule has 18 heavy (non-hydrogen) atoms. The second-order valence-corrected chi connectivity index (χ2v) is 4.06. The number of aromatic amines is 1. The van der Waals surface area contributed by atoms with Crippen molar-refractivity contribution in [3.8, 4) is 17.0 Å². The molecule has 1 aromatic heterocycles. The van der Waals surface area contributed by atoms with Crippen molar-refractivity contribution in [2.45, 2.75) is 19.8 Å². The molecule has 0 fully saturated rings. The Hall–Kier alpha value is -2.10. The van der Waals surface area contributed by atoms with Crippen LogP contribution >= 0.6 is 0 Å². The summed E-state index contributed by atoms with van der Waals surface area (Å²) in [6.07, 6.45) is 3.56. The Bertz CT molecular complexity index is 573. The number of ether oxygens (including phenoxy) is 1. The number of hydrogen-bond donors (Lipinski definition) is 1. The van der Waals surface area contributed by atoms with E-state index < -0.39 is 0 Å². The van der Waals surface area contributed by atoms with E-state index in [2.05, 4.69) is 29.0 Å². The molecule has 2 rings (SSSR count). The maximum atomic E-state index is 11.6. The molecule has 0 saturated heterocycles. The van der Waals surface area contributed by atoms with Gasteiger partial charge in [-0.1, -0.05) is 37.6 Å². The van der Waals surface area contributed by atoms with Crippen LogP contribution in [0, 0.1) is 0 Å². The summed E-state index contributed by atoms with van der Waals surface area (Å²) in [5, 5.41) is 0. The van der Waals surface area contributed by atoms with Crippen molar-refractivity contribution < 1.29 is 4.74 Å². The molecule has 0 aliphatic rings. The van der Waals surface area contributed by atoms with Crippen molar-refractivity contribution in [2.24, 2.45) is 0 Å². The fraction of sp³-hybridized carbons (Fsp3) is 0.286. The van der Waals surface area contributed by atoms with Crippen LogP contribution in [0.5, 0.6) is 5.75 Å². The third-order valence-corrected chi connectivity index (χ3v) is 2.78. The largest absolute Gasteiger partial charge is 0.490 e. The number of hydrogen-bond acceptors (Lipinski definition) is 3. The zero-order valence-corrected chi connectivity index (χ0v) is 10.6. The summed E-state index contributed by atoms with van der Waals surface area (Å²) in [4.78, 5) is 18.3. The highest BCUT2D eigenvalue weighted by molar-refractivity contribution is 5.65. The van der Waals surface area contributed by atoms with E-state index in [4.69, 9.17) is 4.74 Å². The monoisotopic (exact) mass is 244 g/mol. The molecule has 0 atom stereocenters. The molecule has 0 aliphatic carbocycles. The number of nitrogens with one attached hydrogen (secondary N) is 1. The van der Waals surface area contributed by atoms with Gasteiger partial charge in [-0.15, -0.1) is 0 Å². The Labute approximate surface area is 106 Å². The predicted octanol–water partition coefficient (Wildman–Crippen LogP) is 2.40. The Morgan fingerprint density at radius 1 is 1.28 bits per heavy atom. The summed E-state index contributed by atoms with van der Waals surface area (Å²) >= 11 is 0. The van der Waals surface area contributed by atoms with E-state index in [1.807, 2.05) is 12.1 Å². The molecule has 0 spiro atoms. The molecule has 4 nitrogen and oxygen atoms in total. The first-order valence-corrected chi connectivity index (χ1v) is 5.97. The van der Waals surface area contributed by atoms with Crippen LogP contribution in [0.2, 0.25) is 0 Å². The van der Waals surface area contributed by atoms with Crippen LogP contribution in [0.1, 0.15) is 18.9 Å². The topological polar surface area (TPSA) is 55.0 Å². The summed E-state index contributed by atoms with van der Waals surface area (Å²) in [6.45, 7) is 2.15. The minimum atomic E-state index is -0.264. The summed E-state index contributed by atoms with van der Waals surface area (Å²) in [6, 6.07) is 8.05. The first-order chi connectivity index (χ1) is 8.76. The van der Waals surface area contributed by atoms with E-state index in [0.717, 1.165) is 18.4 Å². The maximum Gasteiger partial charge on any atom is 0.293 e. The fourth-order valence-corrected chi connectivity index (χ4v) is 1.90. The summed E-state index contributed by atoms with van der Waals surface area (Å²) in [7, 11) is 1.47. The van der Waals surface area contributed by atoms with Gasteiger partial charge in [0.2, 0.25) is 5.75 Å². The Morgan fingerprint density at radius 2 is 2.00 bits per heavy atom. The molecule has 4 heteroatoms. The average Bonchev–Trinajstić information content (AvgIpc) is 2.40. The highest BCUT2D eigenvalue weighted by Crippen LogP contribution is 2.24. The van der Waals surface area contributed by atoms with Crippen molar-refractivity contribution in [1.82, 2.24) is 9.97 Å². The number of nitrogens with zero attached hydrogens (tertiary/aromatic N) is 1. The van der Waals surface area contributed by atoms with Crippen LogP contribution in [0.4, 0.5) is 0 Å². The van der Waals surface area contributed by atoms with E-state index >= 15 is 0 Å².